The van der Waals surface area contributed by atoms with E-state index < -0.39 is 0 Å². The molecule has 0 saturated carbocycles. The molecule has 4 heteroatoms. The Morgan fingerprint density at radius 1 is 0.320 bits per heavy atom. The third kappa shape index (κ3) is 4.99. The Balaban J connectivity index is 1.17. The lowest BCUT2D eigenvalue weighted by atomic mass is 9.93. The summed E-state index contributed by atoms with van der Waals surface area (Å²) in [6, 6.07) is 60.8. The van der Waals surface area contributed by atoms with Crippen LogP contribution in [0.5, 0.6) is 0 Å². The minimum Gasteiger partial charge on any atom is -0.228 e. The molecule has 234 valence electrons. The van der Waals surface area contributed by atoms with Gasteiger partial charge in [0.05, 0.1) is 11.4 Å². The first-order chi connectivity index (χ1) is 24.8. The predicted octanol–water partition coefficient (Wildman–Crippen LogP) is 13.2. The van der Waals surface area contributed by atoms with E-state index in [9.17, 15) is 0 Å². The molecule has 0 saturated heterocycles. The molecule has 2 nitrogen and oxygen atoms in total. The highest BCUT2D eigenvalue weighted by molar-refractivity contribution is 8.05. The second-order valence-corrected chi connectivity index (χ2v) is 14.7. The maximum absolute atomic E-state index is 5.34. The van der Waals surface area contributed by atoms with Gasteiger partial charge >= 0.3 is 0 Å². The molecule has 8 aromatic carbocycles. The molecule has 1 aromatic heterocycles. The first-order valence-electron chi connectivity index (χ1n) is 16.7. The van der Waals surface area contributed by atoms with E-state index in [1.807, 2.05) is 23.5 Å². The molecule has 0 amide bonds. The van der Waals surface area contributed by atoms with Gasteiger partial charge in [-0.15, -0.1) is 0 Å². The van der Waals surface area contributed by atoms with Gasteiger partial charge in [-0.25, -0.2) is 9.97 Å². The summed E-state index contributed by atoms with van der Waals surface area (Å²) in [6.07, 6.45) is 0. The lowest BCUT2D eigenvalue weighted by Gasteiger charge is -2.21. The second kappa shape index (κ2) is 12.0. The largest absolute Gasteiger partial charge is 0.228 e. The third-order valence-electron chi connectivity index (χ3n) is 9.55. The van der Waals surface area contributed by atoms with Crippen LogP contribution in [-0.2, 0) is 0 Å². The summed E-state index contributed by atoms with van der Waals surface area (Å²) in [6.45, 7) is 0. The molecule has 0 atom stereocenters. The molecule has 1 aliphatic heterocycles. The fourth-order valence-electron chi connectivity index (χ4n) is 7.12. The summed E-state index contributed by atoms with van der Waals surface area (Å²) in [5.74, 6) is 0.718. The molecule has 50 heavy (non-hydrogen) atoms. The molecule has 0 aliphatic carbocycles. The van der Waals surface area contributed by atoms with E-state index >= 15 is 0 Å². The number of hydrogen-bond acceptors (Lipinski definition) is 4. The molecule has 0 N–H and O–H groups in total. The first kappa shape index (κ1) is 29.3. The Bertz CT molecular complexity index is 2720. The number of aromatic nitrogens is 2. The van der Waals surface area contributed by atoms with Gasteiger partial charge in [0, 0.05) is 36.3 Å². The summed E-state index contributed by atoms with van der Waals surface area (Å²) in [5.41, 5.74) is 7.39. The van der Waals surface area contributed by atoms with Crippen molar-refractivity contribution < 1.29 is 0 Å². The van der Waals surface area contributed by atoms with Gasteiger partial charge < -0.3 is 0 Å². The number of nitrogens with zero attached hydrogens (tertiary/aromatic N) is 2. The lowest BCUT2D eigenvalue weighted by molar-refractivity contribution is 1.13. The topological polar surface area (TPSA) is 25.8 Å². The molecule has 0 bridgehead atoms. The normalized spacial score (nSPS) is 12.2. The Hall–Kier alpha value is -5.68. The van der Waals surface area contributed by atoms with Gasteiger partial charge in [0.15, 0.2) is 5.82 Å². The van der Waals surface area contributed by atoms with E-state index in [-0.39, 0.29) is 0 Å². The zero-order chi connectivity index (χ0) is 33.0. The number of benzene rings is 8. The van der Waals surface area contributed by atoms with Crippen molar-refractivity contribution in [2.24, 2.45) is 0 Å². The maximum Gasteiger partial charge on any atom is 0.160 e. The van der Waals surface area contributed by atoms with Crippen molar-refractivity contribution in [3.8, 4) is 45.0 Å². The van der Waals surface area contributed by atoms with E-state index in [1.54, 1.807) is 0 Å². The van der Waals surface area contributed by atoms with E-state index in [1.165, 1.54) is 63.0 Å². The van der Waals surface area contributed by atoms with E-state index in [4.69, 9.17) is 9.97 Å². The summed E-state index contributed by atoms with van der Waals surface area (Å²) < 4.78 is 0. The Morgan fingerprint density at radius 2 is 0.840 bits per heavy atom. The van der Waals surface area contributed by atoms with Crippen LogP contribution in [0.4, 0.5) is 0 Å². The van der Waals surface area contributed by atoms with Crippen LogP contribution >= 0.6 is 23.5 Å². The fraction of sp³-hybridized carbons (Fsp3) is 0. The van der Waals surface area contributed by atoms with Gasteiger partial charge in [-0.05, 0) is 73.8 Å². The number of fused-ring (bicyclic) bond motifs is 8. The van der Waals surface area contributed by atoms with Crippen LogP contribution in [0.1, 0.15) is 0 Å². The molecule has 1 aliphatic rings. The fourth-order valence-corrected chi connectivity index (χ4v) is 9.51. The second-order valence-electron chi connectivity index (χ2n) is 12.5. The SMILES string of the molecule is c1ccc(-c2ccc(-c3cc(-c4cccc5c4Sc4ccccc4S5)nc(-c4ccc5c6ccccc6c6ccccc6c5c4)n3)cc2)cc1. The molecule has 10 rings (SSSR count). The maximum atomic E-state index is 5.34. The summed E-state index contributed by atoms with van der Waals surface area (Å²) in [5, 5.41) is 7.47. The average molecular weight is 673 g/mol. The van der Waals surface area contributed by atoms with Crippen molar-refractivity contribution in [3.63, 3.8) is 0 Å². The van der Waals surface area contributed by atoms with Crippen LogP contribution < -0.4 is 0 Å². The highest BCUT2D eigenvalue weighted by Gasteiger charge is 2.22. The highest BCUT2D eigenvalue weighted by atomic mass is 32.2. The van der Waals surface area contributed by atoms with E-state index in [2.05, 4.69) is 170 Å². The molecule has 0 unspecified atom stereocenters. The summed E-state index contributed by atoms with van der Waals surface area (Å²) in [7, 11) is 0. The smallest absolute Gasteiger partial charge is 0.160 e. The molecule has 9 aromatic rings. The van der Waals surface area contributed by atoms with Crippen molar-refractivity contribution in [2.45, 2.75) is 19.6 Å². The van der Waals surface area contributed by atoms with Crippen LogP contribution in [-0.4, -0.2) is 9.97 Å². The monoisotopic (exact) mass is 672 g/mol. The summed E-state index contributed by atoms with van der Waals surface area (Å²) in [4.78, 5) is 15.7. The minimum atomic E-state index is 0.718. The minimum absolute atomic E-state index is 0.718. The van der Waals surface area contributed by atoms with E-state index in [0.717, 1.165) is 33.9 Å². The molecule has 0 spiro atoms. The molecular formula is C46H28N2S2. The molecule has 2 heterocycles. The third-order valence-corrected chi connectivity index (χ3v) is 12.2. The van der Waals surface area contributed by atoms with Crippen LogP contribution in [0.3, 0.4) is 0 Å². The van der Waals surface area contributed by atoms with Gasteiger partial charge in [0.25, 0.3) is 0 Å². The van der Waals surface area contributed by atoms with Gasteiger partial charge in [-0.2, -0.15) is 0 Å². The van der Waals surface area contributed by atoms with Gasteiger partial charge in [-0.1, -0.05) is 163 Å². The van der Waals surface area contributed by atoms with Crippen LogP contribution in [0.2, 0.25) is 0 Å². The van der Waals surface area contributed by atoms with Crippen LogP contribution in [0.15, 0.2) is 189 Å². The van der Waals surface area contributed by atoms with Crippen LogP contribution in [0, 0.1) is 0 Å². The zero-order valence-corrected chi connectivity index (χ0v) is 28.5. The standard InChI is InChI=1S/C46H28N2S2/c1-2-11-29(12-3-1)30-21-23-31(24-22-30)40-28-41(38-17-10-20-44-45(38)50-43-19-9-8-18-42(43)49-44)48-46(47-40)32-25-26-37-35-15-5-4-13-33(35)34-14-6-7-16-36(34)39(37)27-32/h1-28H. The van der Waals surface area contributed by atoms with Gasteiger partial charge in [0.1, 0.15) is 0 Å². The van der Waals surface area contributed by atoms with Crippen molar-refractivity contribution in [2.75, 3.05) is 0 Å². The van der Waals surface area contributed by atoms with Crippen molar-refractivity contribution in [1.82, 2.24) is 9.97 Å². The van der Waals surface area contributed by atoms with Crippen molar-refractivity contribution >= 4 is 55.8 Å². The Labute approximate surface area is 298 Å². The van der Waals surface area contributed by atoms with E-state index in [0.29, 0.717) is 0 Å². The average Bonchev–Trinajstić information content (AvgIpc) is 3.20. The quantitative estimate of drug-likeness (QED) is 0.174. The molecule has 0 fully saturated rings. The highest BCUT2D eigenvalue weighted by Crippen LogP contribution is 2.51. The van der Waals surface area contributed by atoms with Crippen LogP contribution in [0.25, 0.3) is 77.3 Å². The lowest BCUT2D eigenvalue weighted by Crippen LogP contribution is -1.98. The Morgan fingerprint density at radius 3 is 1.56 bits per heavy atom. The van der Waals surface area contributed by atoms with Gasteiger partial charge in [-0.3, -0.25) is 0 Å². The zero-order valence-electron chi connectivity index (χ0n) is 26.9. The Kier molecular flexibility index (Phi) is 7.04. The van der Waals surface area contributed by atoms with Gasteiger partial charge in [0.2, 0.25) is 0 Å². The number of rotatable bonds is 4. The van der Waals surface area contributed by atoms with Crippen molar-refractivity contribution in [3.05, 3.63) is 170 Å². The number of hydrogen-bond donors (Lipinski definition) is 0. The first-order valence-corrected chi connectivity index (χ1v) is 18.4. The summed E-state index contributed by atoms with van der Waals surface area (Å²) >= 11 is 3.66. The molecule has 0 radical (unpaired) electrons. The molecular weight excluding hydrogens is 645 g/mol. The van der Waals surface area contributed by atoms with Crippen molar-refractivity contribution in [1.29, 1.82) is 0 Å². The predicted molar refractivity (Wildman–Crippen MR) is 211 cm³/mol.